The quantitative estimate of drug-likeness (QED) is 0.836. The molecule has 1 N–H and O–H groups in total. The van der Waals surface area contributed by atoms with Gasteiger partial charge in [0.05, 0.1) is 10.7 Å². The highest BCUT2D eigenvalue weighted by molar-refractivity contribution is 9.10. The maximum atomic E-state index is 5.98. The number of hydrogen-bond acceptors (Lipinski definition) is 1. The lowest BCUT2D eigenvalue weighted by Crippen LogP contribution is -2.09. The first-order valence-electron chi connectivity index (χ1n) is 3.81. The topological polar surface area (TPSA) is 12.0 Å². The van der Waals surface area contributed by atoms with Crippen molar-refractivity contribution in [1.82, 2.24) is 0 Å². The Balaban J connectivity index is 2.86. The van der Waals surface area contributed by atoms with Crippen molar-refractivity contribution in [2.75, 3.05) is 5.32 Å². The summed E-state index contributed by atoms with van der Waals surface area (Å²) in [6.07, 6.45) is 0. The maximum absolute atomic E-state index is 5.98. The van der Waals surface area contributed by atoms with Crippen molar-refractivity contribution >= 4 is 33.2 Å². The van der Waals surface area contributed by atoms with Crippen LogP contribution in [-0.4, -0.2) is 6.04 Å². The molecule has 0 fully saturated rings. The minimum absolute atomic E-state index is 0.406. The van der Waals surface area contributed by atoms with Gasteiger partial charge in [-0.2, -0.15) is 0 Å². The number of hydrogen-bond donors (Lipinski definition) is 1. The molecule has 1 aromatic rings. The lowest BCUT2D eigenvalue weighted by atomic mass is 10.3. The monoisotopic (exact) mass is 247 g/mol. The highest BCUT2D eigenvalue weighted by atomic mass is 79.9. The normalized spacial score (nSPS) is 10.4. The summed E-state index contributed by atoms with van der Waals surface area (Å²) in [5.41, 5.74) is 0.981. The minimum Gasteiger partial charge on any atom is -0.382 e. The van der Waals surface area contributed by atoms with Gasteiger partial charge in [0.2, 0.25) is 0 Å². The lowest BCUT2D eigenvalue weighted by molar-refractivity contribution is 0.900. The first-order chi connectivity index (χ1) is 5.59. The summed E-state index contributed by atoms with van der Waals surface area (Å²) < 4.78 is 1.00. The Morgan fingerprint density at radius 1 is 1.42 bits per heavy atom. The first-order valence-corrected chi connectivity index (χ1v) is 4.98. The molecule has 1 rings (SSSR count). The number of benzene rings is 1. The third kappa shape index (κ3) is 2.68. The molecule has 0 aliphatic heterocycles. The Kier molecular flexibility index (Phi) is 3.41. The van der Waals surface area contributed by atoms with Crippen LogP contribution in [0, 0.1) is 0 Å². The molecule has 0 bridgehead atoms. The van der Waals surface area contributed by atoms with E-state index in [-0.39, 0.29) is 0 Å². The van der Waals surface area contributed by atoms with Crippen LogP contribution in [0.1, 0.15) is 13.8 Å². The molecule has 0 unspecified atom stereocenters. The van der Waals surface area contributed by atoms with Crippen LogP contribution >= 0.6 is 27.5 Å². The molecule has 0 spiro atoms. The van der Waals surface area contributed by atoms with Gasteiger partial charge in [0.25, 0.3) is 0 Å². The smallest absolute Gasteiger partial charge is 0.0648 e. The van der Waals surface area contributed by atoms with E-state index in [1.807, 2.05) is 18.2 Å². The molecule has 0 amide bonds. The van der Waals surface area contributed by atoms with Gasteiger partial charge in [-0.15, -0.1) is 0 Å². The van der Waals surface area contributed by atoms with Crippen LogP contribution in [0.15, 0.2) is 22.7 Å². The minimum atomic E-state index is 0.406. The summed E-state index contributed by atoms with van der Waals surface area (Å²) in [5.74, 6) is 0. The van der Waals surface area contributed by atoms with Gasteiger partial charge in [-0.05, 0) is 32.0 Å². The fourth-order valence-electron chi connectivity index (χ4n) is 0.918. The number of halogens is 2. The maximum Gasteiger partial charge on any atom is 0.0648 e. The third-order valence-electron chi connectivity index (χ3n) is 1.38. The number of nitrogens with one attached hydrogen (secondary N) is 1. The van der Waals surface area contributed by atoms with Gasteiger partial charge in [-0.3, -0.25) is 0 Å². The zero-order valence-corrected chi connectivity index (χ0v) is 9.41. The second-order valence-corrected chi connectivity index (χ2v) is 4.25. The van der Waals surface area contributed by atoms with E-state index in [0.29, 0.717) is 6.04 Å². The Morgan fingerprint density at radius 3 is 2.58 bits per heavy atom. The van der Waals surface area contributed by atoms with Gasteiger partial charge in [-0.1, -0.05) is 27.5 Å². The molecular weight excluding hydrogens is 237 g/mol. The predicted octanol–water partition coefficient (Wildman–Crippen LogP) is 3.92. The molecule has 1 aromatic carbocycles. The van der Waals surface area contributed by atoms with Crippen molar-refractivity contribution in [3.63, 3.8) is 0 Å². The lowest BCUT2D eigenvalue weighted by Gasteiger charge is -2.11. The van der Waals surface area contributed by atoms with Crippen LogP contribution in [0.2, 0.25) is 5.02 Å². The van der Waals surface area contributed by atoms with E-state index in [2.05, 4.69) is 35.1 Å². The van der Waals surface area contributed by atoms with Gasteiger partial charge in [0.1, 0.15) is 0 Å². The van der Waals surface area contributed by atoms with Gasteiger partial charge in [0, 0.05) is 10.5 Å². The molecule has 0 radical (unpaired) electrons. The Labute approximate surface area is 86.2 Å². The van der Waals surface area contributed by atoms with Crippen LogP contribution in [0.25, 0.3) is 0 Å². The molecule has 12 heavy (non-hydrogen) atoms. The van der Waals surface area contributed by atoms with Crippen molar-refractivity contribution in [3.8, 4) is 0 Å². The Hall–Kier alpha value is -0.210. The van der Waals surface area contributed by atoms with Crippen LogP contribution in [0.4, 0.5) is 5.69 Å². The summed E-state index contributed by atoms with van der Waals surface area (Å²) in [5, 5.41) is 4.00. The molecule has 0 aromatic heterocycles. The highest BCUT2D eigenvalue weighted by Gasteiger charge is 2.00. The second-order valence-electron chi connectivity index (χ2n) is 2.92. The summed E-state index contributed by atoms with van der Waals surface area (Å²) in [7, 11) is 0. The van der Waals surface area contributed by atoms with E-state index < -0.39 is 0 Å². The van der Waals surface area contributed by atoms with E-state index in [4.69, 9.17) is 11.6 Å². The number of anilines is 1. The molecule has 0 saturated carbocycles. The van der Waals surface area contributed by atoms with Gasteiger partial charge in [-0.25, -0.2) is 0 Å². The van der Waals surface area contributed by atoms with E-state index >= 15 is 0 Å². The number of rotatable bonds is 2. The van der Waals surface area contributed by atoms with E-state index in [0.717, 1.165) is 15.2 Å². The molecule has 0 heterocycles. The first kappa shape index (κ1) is 9.87. The SMILES string of the molecule is CC(C)Nc1ccc(Br)cc1Cl. The van der Waals surface area contributed by atoms with E-state index in [9.17, 15) is 0 Å². The van der Waals surface area contributed by atoms with Gasteiger partial charge < -0.3 is 5.32 Å². The Morgan fingerprint density at radius 2 is 2.08 bits per heavy atom. The van der Waals surface area contributed by atoms with Gasteiger partial charge >= 0.3 is 0 Å². The molecule has 0 saturated heterocycles. The molecule has 0 aliphatic rings. The molecular formula is C9H11BrClN. The molecule has 0 atom stereocenters. The van der Waals surface area contributed by atoms with Crippen LogP contribution in [-0.2, 0) is 0 Å². The van der Waals surface area contributed by atoms with Crippen molar-refractivity contribution in [3.05, 3.63) is 27.7 Å². The average Bonchev–Trinajstić information content (AvgIpc) is 1.94. The van der Waals surface area contributed by atoms with Crippen molar-refractivity contribution in [2.24, 2.45) is 0 Å². The van der Waals surface area contributed by atoms with E-state index in [1.165, 1.54) is 0 Å². The van der Waals surface area contributed by atoms with Crippen molar-refractivity contribution in [2.45, 2.75) is 19.9 Å². The predicted molar refractivity (Wildman–Crippen MR) is 57.9 cm³/mol. The molecule has 0 aliphatic carbocycles. The van der Waals surface area contributed by atoms with Gasteiger partial charge in [0.15, 0.2) is 0 Å². The zero-order valence-electron chi connectivity index (χ0n) is 7.07. The fourth-order valence-corrected chi connectivity index (χ4v) is 1.65. The fraction of sp³-hybridized carbons (Fsp3) is 0.333. The second kappa shape index (κ2) is 4.15. The largest absolute Gasteiger partial charge is 0.382 e. The summed E-state index contributed by atoms with van der Waals surface area (Å²) in [4.78, 5) is 0. The molecule has 66 valence electrons. The summed E-state index contributed by atoms with van der Waals surface area (Å²) in [6.45, 7) is 4.16. The highest BCUT2D eigenvalue weighted by Crippen LogP contribution is 2.25. The van der Waals surface area contributed by atoms with Crippen LogP contribution in [0.3, 0.4) is 0 Å². The summed E-state index contributed by atoms with van der Waals surface area (Å²) >= 11 is 9.33. The zero-order chi connectivity index (χ0) is 9.14. The average molecular weight is 249 g/mol. The van der Waals surface area contributed by atoms with Crippen molar-refractivity contribution < 1.29 is 0 Å². The van der Waals surface area contributed by atoms with Crippen LogP contribution < -0.4 is 5.32 Å². The molecule has 3 heteroatoms. The van der Waals surface area contributed by atoms with E-state index in [1.54, 1.807) is 0 Å². The standard InChI is InChI=1S/C9H11BrClN/c1-6(2)12-9-4-3-7(10)5-8(9)11/h3-6,12H,1-2H3. The van der Waals surface area contributed by atoms with Crippen molar-refractivity contribution in [1.29, 1.82) is 0 Å². The molecule has 1 nitrogen and oxygen atoms in total. The van der Waals surface area contributed by atoms with Crippen LogP contribution in [0.5, 0.6) is 0 Å². The Bertz CT molecular complexity index is 273. The summed E-state index contributed by atoms with van der Waals surface area (Å²) in [6, 6.07) is 6.22. The third-order valence-corrected chi connectivity index (χ3v) is 2.18.